The van der Waals surface area contributed by atoms with Crippen molar-refractivity contribution < 1.29 is 4.79 Å². The van der Waals surface area contributed by atoms with Crippen molar-refractivity contribution in [2.45, 2.75) is 38.1 Å². The number of carbonyl (C=O) groups is 1. The molecule has 2 aromatic carbocycles. The highest BCUT2D eigenvalue weighted by molar-refractivity contribution is 7.99. The van der Waals surface area contributed by atoms with Gasteiger partial charge in [0, 0.05) is 28.9 Å². The van der Waals surface area contributed by atoms with Gasteiger partial charge >= 0.3 is 0 Å². The van der Waals surface area contributed by atoms with Crippen molar-refractivity contribution in [3.8, 4) is 0 Å². The summed E-state index contributed by atoms with van der Waals surface area (Å²) >= 11 is 13.9. The predicted molar refractivity (Wildman–Crippen MR) is 120 cm³/mol. The zero-order valence-electron chi connectivity index (χ0n) is 15.9. The minimum Gasteiger partial charge on any atom is -0.351 e. The molecule has 0 aromatic heterocycles. The lowest BCUT2D eigenvalue weighted by atomic mass is 10.1. The molecule has 1 fully saturated rings. The molecular weight excluding hydrogens is 411 g/mol. The monoisotopic (exact) mass is 436 g/mol. The Morgan fingerprint density at radius 2 is 1.68 bits per heavy atom. The van der Waals surface area contributed by atoms with E-state index in [0.29, 0.717) is 28.1 Å². The van der Waals surface area contributed by atoms with Gasteiger partial charge in [-0.2, -0.15) is 0 Å². The van der Waals surface area contributed by atoms with Gasteiger partial charge in [0.2, 0.25) is 5.91 Å². The van der Waals surface area contributed by atoms with Crippen LogP contribution in [0.25, 0.3) is 0 Å². The molecule has 1 N–H and O–H groups in total. The molecule has 150 valence electrons. The summed E-state index contributed by atoms with van der Waals surface area (Å²) in [5, 5.41) is 4.29. The van der Waals surface area contributed by atoms with Crippen LogP contribution in [0.4, 0.5) is 0 Å². The Labute approximate surface area is 181 Å². The first-order valence-electron chi connectivity index (χ1n) is 9.69. The van der Waals surface area contributed by atoms with Crippen LogP contribution in [0.2, 0.25) is 10.0 Å². The molecule has 0 aliphatic carbocycles. The van der Waals surface area contributed by atoms with E-state index in [1.54, 1.807) is 0 Å². The van der Waals surface area contributed by atoms with E-state index in [9.17, 15) is 4.79 Å². The second kappa shape index (κ2) is 11.1. The lowest BCUT2D eigenvalue weighted by Crippen LogP contribution is -2.29. The third-order valence-corrected chi connectivity index (χ3v) is 6.54. The molecule has 1 amide bonds. The van der Waals surface area contributed by atoms with Crippen LogP contribution in [0.1, 0.15) is 36.0 Å². The van der Waals surface area contributed by atoms with Crippen LogP contribution in [0, 0.1) is 0 Å². The fraction of sp³-hybridized carbons (Fsp3) is 0.409. The second-order valence-electron chi connectivity index (χ2n) is 7.13. The summed E-state index contributed by atoms with van der Waals surface area (Å²) in [5.74, 6) is 1.03. The molecule has 3 nitrogen and oxygen atoms in total. The maximum absolute atomic E-state index is 12.2. The lowest BCUT2D eigenvalue weighted by molar-refractivity contribution is -0.118. The average molecular weight is 437 g/mol. The highest BCUT2D eigenvalue weighted by Crippen LogP contribution is 2.28. The molecule has 0 radical (unpaired) electrons. The molecule has 6 heteroatoms. The lowest BCUT2D eigenvalue weighted by Gasteiger charge is -2.26. The number of likely N-dealkylation sites (tertiary alicyclic amines) is 1. The number of benzene rings is 2. The van der Waals surface area contributed by atoms with E-state index in [0.717, 1.165) is 17.7 Å². The minimum absolute atomic E-state index is 0.0228. The van der Waals surface area contributed by atoms with Gasteiger partial charge in [-0.05, 0) is 54.8 Å². The molecule has 1 aliphatic rings. The van der Waals surface area contributed by atoms with Gasteiger partial charge in [-0.15, -0.1) is 11.8 Å². The van der Waals surface area contributed by atoms with E-state index in [1.807, 2.05) is 18.2 Å². The van der Waals surface area contributed by atoms with Crippen LogP contribution < -0.4 is 5.32 Å². The summed E-state index contributed by atoms with van der Waals surface area (Å²) in [4.78, 5) is 14.7. The molecule has 0 atom stereocenters. The van der Waals surface area contributed by atoms with Crippen LogP contribution in [-0.4, -0.2) is 29.6 Å². The second-order valence-corrected chi connectivity index (χ2v) is 8.93. The summed E-state index contributed by atoms with van der Waals surface area (Å²) in [5.41, 5.74) is 3.34. The molecule has 1 saturated heterocycles. The third-order valence-electron chi connectivity index (χ3n) is 4.88. The Morgan fingerprint density at radius 3 is 2.43 bits per heavy atom. The van der Waals surface area contributed by atoms with E-state index >= 15 is 0 Å². The summed E-state index contributed by atoms with van der Waals surface area (Å²) < 4.78 is 0. The number of rotatable bonds is 8. The van der Waals surface area contributed by atoms with Crippen molar-refractivity contribution in [3.63, 3.8) is 0 Å². The standard InChI is InChI=1S/C22H26Cl2N2OS/c23-20-8-5-9-21(24)19(20)15-28-16-22(27)25-13-17-6-4-7-18(12-17)14-26-10-2-1-3-11-26/h4-9,12H,1-3,10-11,13-16H2,(H,25,27). The molecule has 1 heterocycles. The molecule has 0 bridgehead atoms. The molecule has 2 aromatic rings. The van der Waals surface area contributed by atoms with Crippen molar-refractivity contribution in [1.82, 2.24) is 10.2 Å². The number of hydrogen-bond donors (Lipinski definition) is 1. The van der Waals surface area contributed by atoms with Gasteiger partial charge < -0.3 is 5.32 Å². The fourth-order valence-corrected chi connectivity index (χ4v) is 4.98. The Morgan fingerprint density at radius 1 is 1.00 bits per heavy atom. The fourth-order valence-electron chi connectivity index (χ4n) is 3.38. The van der Waals surface area contributed by atoms with Gasteiger partial charge in [0.1, 0.15) is 0 Å². The number of nitrogens with one attached hydrogen (secondary N) is 1. The van der Waals surface area contributed by atoms with Crippen molar-refractivity contribution in [2.75, 3.05) is 18.8 Å². The van der Waals surface area contributed by atoms with Crippen LogP contribution >= 0.6 is 35.0 Å². The molecule has 0 spiro atoms. The molecule has 1 aliphatic heterocycles. The van der Waals surface area contributed by atoms with Crippen LogP contribution in [0.5, 0.6) is 0 Å². The summed E-state index contributed by atoms with van der Waals surface area (Å²) in [7, 11) is 0. The van der Waals surface area contributed by atoms with Gasteiger partial charge in [-0.25, -0.2) is 0 Å². The van der Waals surface area contributed by atoms with Crippen molar-refractivity contribution in [3.05, 3.63) is 69.2 Å². The predicted octanol–water partition coefficient (Wildman–Crippen LogP) is 5.53. The van der Waals surface area contributed by atoms with Gasteiger partial charge in [0.05, 0.1) is 5.75 Å². The van der Waals surface area contributed by atoms with Gasteiger partial charge in [-0.3, -0.25) is 9.69 Å². The summed E-state index contributed by atoms with van der Waals surface area (Å²) in [6.07, 6.45) is 3.95. The average Bonchev–Trinajstić information content (AvgIpc) is 2.70. The highest BCUT2D eigenvalue weighted by atomic mass is 35.5. The minimum atomic E-state index is 0.0228. The van der Waals surface area contributed by atoms with E-state index < -0.39 is 0 Å². The maximum atomic E-state index is 12.2. The van der Waals surface area contributed by atoms with Gasteiger partial charge in [-0.1, -0.05) is 60.0 Å². The molecule has 3 rings (SSSR count). The number of amides is 1. The van der Waals surface area contributed by atoms with E-state index in [1.165, 1.54) is 49.7 Å². The number of hydrogen-bond acceptors (Lipinski definition) is 3. The largest absolute Gasteiger partial charge is 0.351 e. The first kappa shape index (κ1) is 21.5. The van der Waals surface area contributed by atoms with Crippen LogP contribution in [-0.2, 0) is 23.6 Å². The quantitative estimate of drug-likeness (QED) is 0.590. The van der Waals surface area contributed by atoms with Crippen molar-refractivity contribution in [2.24, 2.45) is 0 Å². The third kappa shape index (κ3) is 6.70. The number of piperidine rings is 1. The number of nitrogens with zero attached hydrogens (tertiary/aromatic N) is 1. The topological polar surface area (TPSA) is 32.3 Å². The molecule has 0 unspecified atom stereocenters. The Balaban J connectivity index is 1.42. The maximum Gasteiger partial charge on any atom is 0.230 e. The number of carbonyl (C=O) groups excluding carboxylic acids is 1. The zero-order chi connectivity index (χ0) is 19.8. The van der Waals surface area contributed by atoms with E-state index in [4.69, 9.17) is 23.2 Å². The Hall–Kier alpha value is -1.20. The Kier molecular flexibility index (Phi) is 8.53. The van der Waals surface area contributed by atoms with Gasteiger partial charge in [0.15, 0.2) is 0 Å². The first-order chi connectivity index (χ1) is 13.6. The first-order valence-corrected chi connectivity index (χ1v) is 11.6. The Bertz CT molecular complexity index is 774. The van der Waals surface area contributed by atoms with Crippen LogP contribution in [0.3, 0.4) is 0 Å². The highest BCUT2D eigenvalue weighted by Gasteiger charge is 2.11. The number of halogens is 2. The smallest absolute Gasteiger partial charge is 0.230 e. The van der Waals surface area contributed by atoms with Crippen LogP contribution in [0.15, 0.2) is 42.5 Å². The zero-order valence-corrected chi connectivity index (χ0v) is 18.3. The molecular formula is C22H26Cl2N2OS. The van der Waals surface area contributed by atoms with Gasteiger partial charge in [0.25, 0.3) is 0 Å². The van der Waals surface area contributed by atoms with Crippen molar-refractivity contribution in [1.29, 1.82) is 0 Å². The molecule has 28 heavy (non-hydrogen) atoms. The summed E-state index contributed by atoms with van der Waals surface area (Å²) in [6.45, 7) is 3.93. The number of thioether (sulfide) groups is 1. The van der Waals surface area contributed by atoms with Crippen molar-refractivity contribution >= 4 is 40.9 Å². The summed E-state index contributed by atoms with van der Waals surface area (Å²) in [6, 6.07) is 14.0. The molecule has 0 saturated carbocycles. The SMILES string of the molecule is O=C(CSCc1c(Cl)cccc1Cl)NCc1cccc(CN2CCCCC2)c1. The van der Waals surface area contributed by atoms with E-state index in [-0.39, 0.29) is 5.91 Å². The normalized spacial score (nSPS) is 14.8. The van der Waals surface area contributed by atoms with E-state index in [2.05, 4.69) is 34.5 Å².